The van der Waals surface area contributed by atoms with Crippen LogP contribution in [0.15, 0.2) is 0 Å². The lowest BCUT2D eigenvalue weighted by atomic mass is 9.98. The second-order valence-electron chi connectivity index (χ2n) is 5.01. The van der Waals surface area contributed by atoms with Crippen molar-refractivity contribution in [2.75, 3.05) is 6.61 Å². The van der Waals surface area contributed by atoms with E-state index < -0.39 is 5.91 Å². The largest absolute Gasteiger partial charge is 0.467 e. The smallest absolute Gasteiger partial charge is 0.255 e. The Balaban J connectivity index is 2.51. The number of aromatic nitrogens is 1. The van der Waals surface area contributed by atoms with Gasteiger partial charge in [-0.05, 0) is 36.3 Å². The molecule has 1 aromatic rings. The average Bonchev–Trinajstić information content (AvgIpc) is 2.83. The molecule has 1 heterocycles. The van der Waals surface area contributed by atoms with E-state index in [2.05, 4.69) is 24.9 Å². The summed E-state index contributed by atoms with van der Waals surface area (Å²) in [7, 11) is 0. The maximum Gasteiger partial charge on any atom is 0.255 e. The van der Waals surface area contributed by atoms with Gasteiger partial charge in [0, 0.05) is 0 Å². The zero-order valence-electron chi connectivity index (χ0n) is 11.2. The first kappa shape index (κ1) is 13.3. The molecule has 0 unspecified atom stereocenters. The van der Waals surface area contributed by atoms with Gasteiger partial charge < -0.3 is 10.5 Å². The average molecular weight is 259 g/mol. The number of hydrogen-bond donors (Lipinski definition) is 1. The normalized spacial score (nSPS) is 13.2. The molecule has 100 valence electrons. The fraction of sp³-hybridized carbons (Fsp3) is 0.500. The Morgan fingerprint density at radius 2 is 2.16 bits per heavy atom. The van der Waals surface area contributed by atoms with Gasteiger partial charge in [0.15, 0.2) is 6.61 Å². The van der Waals surface area contributed by atoms with Gasteiger partial charge in [0.05, 0.1) is 5.69 Å². The molecule has 0 aromatic carbocycles. The summed E-state index contributed by atoms with van der Waals surface area (Å²) in [5.41, 5.74) is 8.70. The van der Waals surface area contributed by atoms with Gasteiger partial charge in [-0.25, -0.2) is 4.98 Å². The first-order valence-electron chi connectivity index (χ1n) is 6.41. The first-order valence-corrected chi connectivity index (χ1v) is 6.41. The summed E-state index contributed by atoms with van der Waals surface area (Å²) in [4.78, 5) is 15.2. The van der Waals surface area contributed by atoms with E-state index in [9.17, 15) is 10.1 Å². The number of rotatable bonds is 4. The third-order valence-corrected chi connectivity index (χ3v) is 3.27. The second-order valence-corrected chi connectivity index (χ2v) is 5.01. The monoisotopic (exact) mass is 259 g/mol. The molecule has 0 saturated carbocycles. The molecule has 19 heavy (non-hydrogen) atoms. The van der Waals surface area contributed by atoms with Crippen molar-refractivity contribution < 1.29 is 9.53 Å². The van der Waals surface area contributed by atoms with Crippen LogP contribution in [0.2, 0.25) is 0 Å². The number of carbonyl (C=O) groups excluding carboxylic acids is 1. The number of fused-ring (bicyclic) bond motifs is 1. The summed E-state index contributed by atoms with van der Waals surface area (Å²) in [5, 5.41) is 9.29. The van der Waals surface area contributed by atoms with E-state index in [1.807, 2.05) is 0 Å². The van der Waals surface area contributed by atoms with Crippen LogP contribution in [-0.2, 0) is 17.6 Å². The maximum absolute atomic E-state index is 10.8. The third kappa shape index (κ3) is 2.53. The summed E-state index contributed by atoms with van der Waals surface area (Å²) in [6.45, 7) is 3.87. The summed E-state index contributed by atoms with van der Waals surface area (Å²) in [5.74, 6) is -0.0709. The predicted molar refractivity (Wildman–Crippen MR) is 69.8 cm³/mol. The van der Waals surface area contributed by atoms with E-state index in [1.54, 1.807) is 0 Å². The zero-order chi connectivity index (χ0) is 14.0. The van der Waals surface area contributed by atoms with Gasteiger partial charge in [0.25, 0.3) is 5.91 Å². The highest BCUT2D eigenvalue weighted by Gasteiger charge is 2.25. The van der Waals surface area contributed by atoms with E-state index in [-0.39, 0.29) is 18.4 Å². The highest BCUT2D eigenvalue weighted by Crippen LogP contribution is 2.35. The number of hydrogen-bond acceptors (Lipinski definition) is 4. The standard InChI is InChI=1S/C14H17N3O2/c1-8(2)13-10-5-3-4-9(10)11(6-15)14(17-13)19-7-12(16)18/h8H,3-5,7H2,1-2H3,(H2,16,18). The molecule has 1 aliphatic rings. The van der Waals surface area contributed by atoms with E-state index in [0.717, 1.165) is 30.5 Å². The SMILES string of the molecule is CC(C)c1nc(OCC(N)=O)c(C#N)c2c1CCC2. The minimum Gasteiger partial charge on any atom is -0.467 e. The lowest BCUT2D eigenvalue weighted by Gasteiger charge is -2.15. The zero-order valence-corrected chi connectivity index (χ0v) is 11.2. The molecule has 0 aliphatic heterocycles. The molecule has 2 N–H and O–H groups in total. The Labute approximate surface area is 112 Å². The Morgan fingerprint density at radius 3 is 2.74 bits per heavy atom. The molecule has 0 bridgehead atoms. The van der Waals surface area contributed by atoms with Crippen LogP contribution in [0, 0.1) is 11.3 Å². The maximum atomic E-state index is 10.8. The van der Waals surface area contributed by atoms with Crippen LogP contribution in [0.5, 0.6) is 5.88 Å². The number of nitriles is 1. The van der Waals surface area contributed by atoms with Gasteiger partial charge in [0.1, 0.15) is 11.6 Å². The summed E-state index contributed by atoms with van der Waals surface area (Å²) >= 11 is 0. The van der Waals surface area contributed by atoms with Crippen LogP contribution >= 0.6 is 0 Å². The topological polar surface area (TPSA) is 89.0 Å². The predicted octanol–water partition coefficient (Wildman–Crippen LogP) is 1.43. The quantitative estimate of drug-likeness (QED) is 0.885. The molecular weight excluding hydrogens is 242 g/mol. The van der Waals surface area contributed by atoms with Gasteiger partial charge in [-0.3, -0.25) is 4.79 Å². The molecule has 0 spiro atoms. The highest BCUT2D eigenvalue weighted by atomic mass is 16.5. The lowest BCUT2D eigenvalue weighted by Crippen LogP contribution is -2.21. The van der Waals surface area contributed by atoms with Gasteiger partial charge >= 0.3 is 0 Å². The van der Waals surface area contributed by atoms with Gasteiger partial charge in [-0.2, -0.15) is 5.26 Å². The minimum atomic E-state index is -0.572. The summed E-state index contributed by atoms with van der Waals surface area (Å²) in [6.07, 6.45) is 2.86. The molecule has 1 amide bonds. The second kappa shape index (κ2) is 5.27. The van der Waals surface area contributed by atoms with Crippen molar-refractivity contribution in [3.05, 3.63) is 22.4 Å². The highest BCUT2D eigenvalue weighted by molar-refractivity contribution is 5.75. The van der Waals surface area contributed by atoms with Crippen LogP contribution in [-0.4, -0.2) is 17.5 Å². The first-order chi connectivity index (χ1) is 9.04. The number of ether oxygens (including phenoxy) is 1. The van der Waals surface area contributed by atoms with Crippen LogP contribution in [0.1, 0.15) is 48.6 Å². The van der Waals surface area contributed by atoms with Crippen LogP contribution in [0.4, 0.5) is 0 Å². The Morgan fingerprint density at radius 1 is 1.47 bits per heavy atom. The van der Waals surface area contributed by atoms with E-state index in [1.165, 1.54) is 5.56 Å². The molecule has 2 rings (SSSR count). The van der Waals surface area contributed by atoms with Crippen LogP contribution < -0.4 is 10.5 Å². The molecule has 5 heteroatoms. The fourth-order valence-corrected chi connectivity index (χ4v) is 2.50. The van der Waals surface area contributed by atoms with Gasteiger partial charge in [0.2, 0.25) is 5.88 Å². The molecule has 1 aromatic heterocycles. The summed E-state index contributed by atoms with van der Waals surface area (Å²) in [6, 6.07) is 2.15. The van der Waals surface area contributed by atoms with Crippen LogP contribution in [0.25, 0.3) is 0 Å². The van der Waals surface area contributed by atoms with Crippen molar-refractivity contribution in [1.82, 2.24) is 4.98 Å². The minimum absolute atomic E-state index is 0.241. The van der Waals surface area contributed by atoms with Crippen molar-refractivity contribution in [3.8, 4) is 11.9 Å². The number of primary amides is 1. The van der Waals surface area contributed by atoms with E-state index >= 15 is 0 Å². The number of amides is 1. The lowest BCUT2D eigenvalue weighted by molar-refractivity contribution is -0.120. The Hall–Kier alpha value is -2.09. The molecule has 0 atom stereocenters. The molecule has 0 saturated heterocycles. The van der Waals surface area contributed by atoms with Crippen molar-refractivity contribution in [2.45, 2.75) is 39.0 Å². The molecule has 0 fully saturated rings. The molecule has 5 nitrogen and oxygen atoms in total. The fourth-order valence-electron chi connectivity index (χ4n) is 2.50. The molecule has 0 radical (unpaired) electrons. The number of nitrogens with zero attached hydrogens (tertiary/aromatic N) is 2. The molecular formula is C14H17N3O2. The summed E-state index contributed by atoms with van der Waals surface area (Å²) < 4.78 is 5.30. The van der Waals surface area contributed by atoms with Crippen molar-refractivity contribution in [1.29, 1.82) is 5.26 Å². The third-order valence-electron chi connectivity index (χ3n) is 3.27. The number of pyridine rings is 1. The van der Waals surface area contributed by atoms with Gasteiger partial charge in [-0.15, -0.1) is 0 Å². The number of carbonyl (C=O) groups is 1. The van der Waals surface area contributed by atoms with Crippen LogP contribution in [0.3, 0.4) is 0 Å². The van der Waals surface area contributed by atoms with E-state index in [4.69, 9.17) is 10.5 Å². The van der Waals surface area contributed by atoms with Gasteiger partial charge in [-0.1, -0.05) is 13.8 Å². The Kier molecular flexibility index (Phi) is 3.70. The van der Waals surface area contributed by atoms with Crippen molar-refractivity contribution >= 4 is 5.91 Å². The van der Waals surface area contributed by atoms with E-state index in [0.29, 0.717) is 5.56 Å². The molecule has 1 aliphatic carbocycles. The van der Waals surface area contributed by atoms with Crippen molar-refractivity contribution in [2.24, 2.45) is 5.73 Å². The van der Waals surface area contributed by atoms with Crippen molar-refractivity contribution in [3.63, 3.8) is 0 Å². The Bertz CT molecular complexity index is 559. The number of nitrogens with two attached hydrogens (primary N) is 1.